The monoisotopic (exact) mass is 399 g/mol. The molecule has 1 aromatic carbocycles. The molecule has 1 saturated carbocycles. The van der Waals surface area contributed by atoms with E-state index in [4.69, 9.17) is 0 Å². The van der Waals surface area contributed by atoms with Crippen molar-refractivity contribution >= 4 is 27.9 Å². The van der Waals surface area contributed by atoms with E-state index >= 15 is 0 Å². The van der Waals surface area contributed by atoms with Crippen molar-refractivity contribution in [1.82, 2.24) is 5.32 Å². The molecular weight excluding hydrogens is 372 g/mol. The van der Waals surface area contributed by atoms with Crippen LogP contribution in [-0.4, -0.2) is 30.8 Å². The van der Waals surface area contributed by atoms with Crippen LogP contribution in [0.25, 0.3) is 0 Å². The molecule has 2 nitrogen and oxygen atoms in total. The number of halogens is 1. The average Bonchev–Trinajstić information content (AvgIpc) is 3.14. The van der Waals surface area contributed by atoms with Gasteiger partial charge >= 0.3 is 131 Å². The number of benzene rings is 1. The van der Waals surface area contributed by atoms with Crippen molar-refractivity contribution in [1.29, 1.82) is 0 Å². The molecule has 1 aromatic rings. The Balaban J connectivity index is 2.04. The van der Waals surface area contributed by atoms with Gasteiger partial charge in [-0.05, 0) is 0 Å². The second-order valence-corrected chi connectivity index (χ2v) is 21.5. The van der Waals surface area contributed by atoms with Gasteiger partial charge in [-0.2, -0.15) is 0 Å². The fourth-order valence-electron chi connectivity index (χ4n) is 2.94. The number of rotatable bonds is 6. The summed E-state index contributed by atoms with van der Waals surface area (Å²) in [6.07, 6.45) is 2.55. The van der Waals surface area contributed by atoms with E-state index in [2.05, 4.69) is 20.1 Å². The molecule has 0 saturated heterocycles. The molecule has 2 rings (SSSR count). The number of nitrogens with one attached hydrogen (secondary N) is 1. The van der Waals surface area contributed by atoms with Gasteiger partial charge in [-0.25, -0.2) is 0 Å². The van der Waals surface area contributed by atoms with Crippen molar-refractivity contribution in [3.8, 4) is 0 Å². The van der Waals surface area contributed by atoms with Crippen LogP contribution in [0.3, 0.4) is 0 Å². The third-order valence-corrected chi connectivity index (χ3v) is 10.1. The predicted octanol–water partition coefficient (Wildman–Crippen LogP) is 3.39. The molecule has 0 bridgehead atoms. The summed E-state index contributed by atoms with van der Waals surface area (Å²) in [4.78, 5) is 18.6. The average molecular weight is 398 g/mol. The van der Waals surface area contributed by atoms with Crippen molar-refractivity contribution in [2.75, 3.05) is 6.54 Å². The Morgan fingerprint density at radius 3 is 2.71 bits per heavy atom. The first kappa shape index (κ1) is 16.8. The summed E-state index contributed by atoms with van der Waals surface area (Å²) >= 11 is -2.22. The van der Waals surface area contributed by atoms with Crippen molar-refractivity contribution in [3.05, 3.63) is 29.6 Å². The molecule has 0 aliphatic heterocycles. The van der Waals surface area contributed by atoms with Crippen molar-refractivity contribution in [2.45, 2.75) is 46.9 Å². The van der Waals surface area contributed by atoms with Crippen LogP contribution in [-0.2, 0) is 4.79 Å². The number of hydrogen-bond acceptors (Lipinski definition) is 1. The zero-order chi connectivity index (χ0) is 15.6. The molecule has 1 aliphatic carbocycles. The van der Waals surface area contributed by atoms with E-state index in [1.807, 2.05) is 13.0 Å². The van der Waals surface area contributed by atoms with E-state index in [9.17, 15) is 9.18 Å². The first-order valence-electron chi connectivity index (χ1n) is 7.89. The molecule has 1 aliphatic rings. The molecular formula is C17H26FNOSn. The Morgan fingerprint density at radius 2 is 2.10 bits per heavy atom. The maximum atomic E-state index is 13.6. The van der Waals surface area contributed by atoms with Gasteiger partial charge in [0, 0.05) is 0 Å². The third-order valence-electron chi connectivity index (χ3n) is 4.18. The fraction of sp³-hybridized carbons (Fsp3) is 0.588. The summed E-state index contributed by atoms with van der Waals surface area (Å²) in [7, 11) is 0. The van der Waals surface area contributed by atoms with E-state index in [0.717, 1.165) is 19.4 Å². The number of carbonyl (C=O) groups is 1. The number of carbonyl (C=O) groups excluding carboxylic acids is 1. The maximum absolute atomic E-state index is 13.6. The molecule has 4 heteroatoms. The van der Waals surface area contributed by atoms with Gasteiger partial charge in [-0.15, -0.1) is 0 Å². The minimum absolute atomic E-state index is 0.134. The molecule has 0 aromatic heterocycles. The second-order valence-electron chi connectivity index (χ2n) is 7.14. The van der Waals surface area contributed by atoms with Crippen molar-refractivity contribution in [2.24, 2.45) is 5.92 Å². The number of hydrogen-bond donors (Lipinski definition) is 1. The van der Waals surface area contributed by atoms with Crippen LogP contribution in [0.4, 0.5) is 4.39 Å². The predicted molar refractivity (Wildman–Crippen MR) is 88.1 cm³/mol. The first-order chi connectivity index (χ1) is 9.82. The molecule has 1 amide bonds. The van der Waals surface area contributed by atoms with Crippen LogP contribution in [0.1, 0.15) is 37.7 Å². The zero-order valence-electron chi connectivity index (χ0n) is 13.5. The summed E-state index contributed by atoms with van der Waals surface area (Å²) in [6.45, 7) is 2.74. The normalized spacial score (nSPS) is 21.2. The molecule has 1 fully saturated rings. The van der Waals surface area contributed by atoms with Crippen molar-refractivity contribution in [3.63, 3.8) is 0 Å². The Bertz CT molecular complexity index is 524. The van der Waals surface area contributed by atoms with E-state index < -0.39 is 18.4 Å². The fourth-order valence-corrected chi connectivity index (χ4v) is 7.81. The van der Waals surface area contributed by atoms with Crippen LogP contribution in [0, 0.1) is 11.7 Å². The molecule has 1 N–H and O–H groups in total. The summed E-state index contributed by atoms with van der Waals surface area (Å²) in [5, 5.41) is 3.00. The van der Waals surface area contributed by atoms with Crippen LogP contribution >= 0.6 is 0 Å². The Hall–Kier alpha value is -0.581. The Labute approximate surface area is 131 Å². The third kappa shape index (κ3) is 4.44. The molecule has 0 radical (unpaired) electrons. The Morgan fingerprint density at radius 1 is 1.38 bits per heavy atom. The molecule has 0 heterocycles. The van der Waals surface area contributed by atoms with Gasteiger partial charge in [0.15, 0.2) is 0 Å². The van der Waals surface area contributed by atoms with Gasteiger partial charge in [0.05, 0.1) is 0 Å². The van der Waals surface area contributed by atoms with Gasteiger partial charge < -0.3 is 0 Å². The van der Waals surface area contributed by atoms with Gasteiger partial charge in [-0.3, -0.25) is 0 Å². The van der Waals surface area contributed by atoms with Gasteiger partial charge in [0.1, 0.15) is 0 Å². The van der Waals surface area contributed by atoms with Gasteiger partial charge in [-0.1, -0.05) is 0 Å². The summed E-state index contributed by atoms with van der Waals surface area (Å²) in [5.74, 6) is 0.927. The standard InChI is InChI=1S/C14H17FNO.3CH3.Sn/c1-2-4-14(17)16-9-11-8-13(11)10-5-3-6-12(15)7-10;;;;/h3,6-7,11,13H,2,4,8-9H2,1H3,(H,16,17);3*1H3;/t11-,13-;;;;/m0..../s1. The second kappa shape index (κ2) is 6.67. The van der Waals surface area contributed by atoms with Crippen LogP contribution < -0.4 is 8.90 Å². The molecule has 21 heavy (non-hydrogen) atoms. The van der Waals surface area contributed by atoms with Gasteiger partial charge in [0.25, 0.3) is 0 Å². The van der Waals surface area contributed by atoms with Crippen LogP contribution in [0.2, 0.25) is 14.8 Å². The quantitative estimate of drug-likeness (QED) is 0.732. The van der Waals surface area contributed by atoms with Crippen LogP contribution in [0.5, 0.6) is 0 Å². The Kier molecular flexibility index (Phi) is 5.33. The summed E-state index contributed by atoms with van der Waals surface area (Å²) in [5.41, 5.74) is 1.22. The van der Waals surface area contributed by atoms with E-state index in [-0.39, 0.29) is 11.7 Å². The number of amides is 1. The molecule has 2 atom stereocenters. The van der Waals surface area contributed by atoms with E-state index in [1.54, 1.807) is 12.1 Å². The van der Waals surface area contributed by atoms with Crippen LogP contribution in [0.15, 0.2) is 18.2 Å². The SMILES string of the molecule is CCCC(=O)NC[C@@H]1C[C@H]1c1cc(F)cc[c]1[Sn]([CH3])([CH3])[CH3]. The minimum atomic E-state index is -2.22. The van der Waals surface area contributed by atoms with E-state index in [1.165, 1.54) is 9.14 Å². The van der Waals surface area contributed by atoms with E-state index in [0.29, 0.717) is 18.3 Å². The summed E-state index contributed by atoms with van der Waals surface area (Å²) in [6, 6.07) is 5.34. The first-order valence-corrected chi connectivity index (χ1v) is 17.9. The van der Waals surface area contributed by atoms with Gasteiger partial charge in [0.2, 0.25) is 0 Å². The summed E-state index contributed by atoms with van der Waals surface area (Å²) < 4.78 is 15.0. The molecule has 0 unspecified atom stereocenters. The zero-order valence-corrected chi connectivity index (χ0v) is 16.4. The topological polar surface area (TPSA) is 29.1 Å². The molecule has 116 valence electrons. The van der Waals surface area contributed by atoms with Crippen molar-refractivity contribution < 1.29 is 9.18 Å². The molecule has 0 spiro atoms.